The number of likely N-dealkylation sites (N-methyl/N-ethyl adjacent to an activating group) is 1. The van der Waals surface area contributed by atoms with Crippen molar-refractivity contribution in [1.82, 2.24) is 14.9 Å². The number of hydrogen-bond donors (Lipinski definition) is 0. The van der Waals surface area contributed by atoms with Gasteiger partial charge in [-0.05, 0) is 75.4 Å². The van der Waals surface area contributed by atoms with E-state index in [1.54, 1.807) is 0 Å². The van der Waals surface area contributed by atoms with Gasteiger partial charge < -0.3 is 9.64 Å². The topological polar surface area (TPSA) is 62.0 Å². The molecule has 3 aromatic rings. The lowest BCUT2D eigenvalue weighted by Crippen LogP contribution is -2.30. The van der Waals surface area contributed by atoms with Crippen LogP contribution in [0.25, 0.3) is 22.2 Å². The third kappa shape index (κ3) is 4.00. The van der Waals surface area contributed by atoms with Gasteiger partial charge in [0.1, 0.15) is 6.61 Å². The Labute approximate surface area is 183 Å². The van der Waals surface area contributed by atoms with Gasteiger partial charge >= 0.3 is 0 Å². The Morgan fingerprint density at radius 3 is 2.94 bits per heavy atom. The van der Waals surface area contributed by atoms with Crippen molar-refractivity contribution in [2.24, 2.45) is 0 Å². The van der Waals surface area contributed by atoms with Crippen LogP contribution in [0.1, 0.15) is 42.4 Å². The molecule has 1 aliphatic heterocycles. The first kappa shape index (κ1) is 20.0. The summed E-state index contributed by atoms with van der Waals surface area (Å²) in [4.78, 5) is 11.9. The zero-order valence-electron chi connectivity index (χ0n) is 18.1. The second-order valence-corrected chi connectivity index (χ2v) is 8.79. The molecule has 0 N–H and O–H groups in total. The average molecular weight is 413 g/mol. The first-order valence-corrected chi connectivity index (χ1v) is 11.3. The van der Waals surface area contributed by atoms with Crippen LogP contribution in [0.2, 0.25) is 0 Å². The van der Waals surface area contributed by atoms with Crippen molar-refractivity contribution in [2.75, 3.05) is 20.2 Å². The van der Waals surface area contributed by atoms with Crippen LogP contribution < -0.4 is 4.74 Å². The summed E-state index contributed by atoms with van der Waals surface area (Å²) in [6, 6.07) is 13.3. The normalized spacial score (nSPS) is 18.6. The van der Waals surface area contributed by atoms with Crippen molar-refractivity contribution in [3.8, 4) is 23.2 Å². The van der Waals surface area contributed by atoms with Crippen molar-refractivity contribution >= 4 is 10.9 Å². The maximum Gasteiger partial charge on any atom is 0.218 e. The number of nitrogens with zero attached hydrogens (tertiary/aromatic N) is 4. The van der Waals surface area contributed by atoms with Gasteiger partial charge in [-0.2, -0.15) is 5.26 Å². The number of aryl methyl sites for hydroxylation is 1. The Kier molecular flexibility index (Phi) is 5.57. The molecule has 3 heterocycles. The fourth-order valence-electron chi connectivity index (χ4n) is 4.96. The van der Waals surface area contributed by atoms with Gasteiger partial charge in [-0.15, -0.1) is 0 Å². The van der Waals surface area contributed by atoms with Gasteiger partial charge in [0.2, 0.25) is 5.88 Å². The Balaban J connectivity index is 1.51. The van der Waals surface area contributed by atoms with Crippen LogP contribution in [0.4, 0.5) is 0 Å². The molecule has 0 saturated carbocycles. The number of hydrogen-bond acceptors (Lipinski definition) is 5. The number of nitriles is 1. The van der Waals surface area contributed by atoms with Gasteiger partial charge in [-0.1, -0.05) is 18.2 Å². The maximum absolute atomic E-state index is 9.29. The van der Waals surface area contributed by atoms with E-state index in [1.165, 1.54) is 36.0 Å². The van der Waals surface area contributed by atoms with Crippen molar-refractivity contribution in [1.29, 1.82) is 5.26 Å². The zero-order chi connectivity index (χ0) is 21.2. The van der Waals surface area contributed by atoms with E-state index in [9.17, 15) is 5.26 Å². The molecule has 1 fully saturated rings. The lowest BCUT2D eigenvalue weighted by molar-refractivity contribution is 0.192. The smallest absolute Gasteiger partial charge is 0.218 e. The molecule has 1 aliphatic carbocycles. The fraction of sp³-hybridized carbons (Fsp3) is 0.423. The summed E-state index contributed by atoms with van der Waals surface area (Å²) in [5.41, 5.74) is 6.78. The van der Waals surface area contributed by atoms with Crippen molar-refractivity contribution < 1.29 is 4.74 Å². The van der Waals surface area contributed by atoms with Crippen molar-refractivity contribution in [2.45, 2.75) is 51.0 Å². The molecule has 1 atom stereocenters. The molecule has 0 bridgehead atoms. The molecule has 2 aliphatic rings. The third-order valence-corrected chi connectivity index (χ3v) is 6.76. The van der Waals surface area contributed by atoms with Crippen LogP contribution in [0.15, 0.2) is 36.5 Å². The number of benzene rings is 1. The number of ether oxygens (including phenoxy) is 1. The lowest BCUT2D eigenvalue weighted by atomic mass is 9.87. The highest BCUT2D eigenvalue weighted by Crippen LogP contribution is 2.32. The van der Waals surface area contributed by atoms with Crippen LogP contribution in [0.3, 0.4) is 0 Å². The minimum Gasteiger partial charge on any atom is -0.476 e. The van der Waals surface area contributed by atoms with Gasteiger partial charge in [-0.25, -0.2) is 4.98 Å². The summed E-state index contributed by atoms with van der Waals surface area (Å²) in [6.07, 6.45) is 9.29. The molecule has 5 nitrogen and oxygen atoms in total. The molecule has 0 unspecified atom stereocenters. The lowest BCUT2D eigenvalue weighted by Gasteiger charge is -2.20. The van der Waals surface area contributed by atoms with Gasteiger partial charge in [0, 0.05) is 28.8 Å². The molecule has 0 amide bonds. The quantitative estimate of drug-likeness (QED) is 0.607. The third-order valence-electron chi connectivity index (χ3n) is 6.76. The molecule has 1 aromatic carbocycles. The minimum absolute atomic E-state index is 0.284. The van der Waals surface area contributed by atoms with Gasteiger partial charge in [-0.3, -0.25) is 4.98 Å². The van der Waals surface area contributed by atoms with Crippen LogP contribution in [-0.2, 0) is 19.3 Å². The number of rotatable bonds is 5. The summed E-state index contributed by atoms with van der Waals surface area (Å²) in [6.45, 7) is 1.72. The van der Waals surface area contributed by atoms with Crippen LogP contribution in [-0.4, -0.2) is 41.1 Å². The Morgan fingerprint density at radius 1 is 1.19 bits per heavy atom. The van der Waals surface area contributed by atoms with Crippen molar-refractivity contribution in [3.05, 3.63) is 53.2 Å². The molecule has 0 spiro atoms. The SMILES string of the molecule is CN1CCC[C@H]1COc1nc2cc(-c3cccc4c3CCCC4)ncc2cc1CC#N. The van der Waals surface area contributed by atoms with E-state index < -0.39 is 0 Å². The van der Waals surface area contributed by atoms with E-state index in [0.717, 1.165) is 48.0 Å². The van der Waals surface area contributed by atoms with Crippen LogP contribution >= 0.6 is 0 Å². The van der Waals surface area contributed by atoms with Crippen LogP contribution in [0.5, 0.6) is 5.88 Å². The Morgan fingerprint density at radius 2 is 2.10 bits per heavy atom. The standard InChI is InChI=1S/C26H28N4O/c1-30-13-5-8-21(30)17-31-26-19(11-12-27)14-20-16-28-25(15-24(20)29-26)23-10-4-7-18-6-2-3-9-22(18)23/h4,7,10,14-16,21H,2-3,5-6,8-9,11,13,17H2,1H3/t21-/m0/s1. The highest BCUT2D eigenvalue weighted by atomic mass is 16.5. The minimum atomic E-state index is 0.284. The zero-order valence-corrected chi connectivity index (χ0v) is 18.1. The molecule has 5 heteroatoms. The predicted octanol–water partition coefficient (Wildman–Crippen LogP) is 4.71. The molecule has 31 heavy (non-hydrogen) atoms. The van der Waals surface area contributed by atoms with E-state index in [0.29, 0.717) is 18.5 Å². The van der Waals surface area contributed by atoms with E-state index in [4.69, 9.17) is 14.7 Å². The summed E-state index contributed by atoms with van der Waals surface area (Å²) >= 11 is 0. The van der Waals surface area contributed by atoms with Gasteiger partial charge in [0.25, 0.3) is 0 Å². The molecule has 2 aromatic heterocycles. The van der Waals surface area contributed by atoms with E-state index >= 15 is 0 Å². The number of likely N-dealkylation sites (tertiary alicyclic amines) is 1. The number of fused-ring (bicyclic) bond motifs is 2. The highest BCUT2D eigenvalue weighted by molar-refractivity contribution is 5.84. The van der Waals surface area contributed by atoms with E-state index in [-0.39, 0.29) is 6.42 Å². The second-order valence-electron chi connectivity index (χ2n) is 8.79. The predicted molar refractivity (Wildman–Crippen MR) is 122 cm³/mol. The van der Waals surface area contributed by atoms with E-state index in [2.05, 4.69) is 42.3 Å². The summed E-state index contributed by atoms with van der Waals surface area (Å²) in [5, 5.41) is 10.2. The molecule has 158 valence electrons. The van der Waals surface area contributed by atoms with Crippen LogP contribution in [0, 0.1) is 11.3 Å². The largest absolute Gasteiger partial charge is 0.476 e. The molecular weight excluding hydrogens is 384 g/mol. The summed E-state index contributed by atoms with van der Waals surface area (Å²) in [7, 11) is 2.14. The summed E-state index contributed by atoms with van der Waals surface area (Å²) < 4.78 is 6.16. The Hall–Kier alpha value is -2.97. The number of pyridine rings is 2. The highest BCUT2D eigenvalue weighted by Gasteiger charge is 2.22. The molecular formula is C26H28N4O. The van der Waals surface area contributed by atoms with Crippen molar-refractivity contribution in [3.63, 3.8) is 0 Å². The molecule has 0 radical (unpaired) electrons. The van der Waals surface area contributed by atoms with Gasteiger partial charge in [0.05, 0.1) is 23.7 Å². The molecule has 1 saturated heterocycles. The first-order valence-electron chi connectivity index (χ1n) is 11.3. The maximum atomic E-state index is 9.29. The first-order chi connectivity index (χ1) is 15.2. The average Bonchev–Trinajstić information content (AvgIpc) is 3.22. The second kappa shape index (κ2) is 8.64. The van der Waals surface area contributed by atoms with E-state index in [1.807, 2.05) is 12.3 Å². The Bertz CT molecular complexity index is 1150. The molecule has 5 rings (SSSR count). The van der Waals surface area contributed by atoms with Gasteiger partial charge in [0.15, 0.2) is 0 Å². The number of aromatic nitrogens is 2. The monoisotopic (exact) mass is 412 g/mol. The summed E-state index contributed by atoms with van der Waals surface area (Å²) in [5.74, 6) is 0.585. The fourth-order valence-corrected chi connectivity index (χ4v) is 4.96.